The zero-order valence-corrected chi connectivity index (χ0v) is 25.3. The summed E-state index contributed by atoms with van der Waals surface area (Å²) in [6.07, 6.45) is -0.613. The van der Waals surface area contributed by atoms with Gasteiger partial charge in [0.05, 0.1) is 36.1 Å². The number of aliphatic hydroxyl groups excluding tert-OH is 1. The summed E-state index contributed by atoms with van der Waals surface area (Å²) in [5.41, 5.74) is 1.54. The van der Waals surface area contributed by atoms with Crippen molar-refractivity contribution in [1.82, 2.24) is 9.80 Å². The molecule has 0 spiro atoms. The third-order valence-corrected chi connectivity index (χ3v) is 7.87. The van der Waals surface area contributed by atoms with Crippen molar-refractivity contribution in [2.75, 3.05) is 42.7 Å². The molecule has 0 unspecified atom stereocenters. The number of fused-ring (bicyclic) bond motifs is 2. The molecule has 1 aliphatic heterocycles. The Morgan fingerprint density at radius 3 is 2.40 bits per heavy atom. The number of hydrogen-bond donors (Lipinski definition) is 4. The van der Waals surface area contributed by atoms with Crippen LogP contribution in [0.2, 0.25) is 0 Å². The largest absolute Gasteiger partial charge is 0.485 e. The Bertz CT molecular complexity index is 1690. The van der Waals surface area contributed by atoms with Crippen molar-refractivity contribution >= 4 is 45.8 Å². The molecule has 5 rings (SSSR count). The molecule has 11 heteroatoms. The molecule has 0 aromatic heterocycles. The van der Waals surface area contributed by atoms with Gasteiger partial charge in [0.25, 0.3) is 5.91 Å². The van der Waals surface area contributed by atoms with Gasteiger partial charge in [-0.05, 0) is 54.8 Å². The van der Waals surface area contributed by atoms with Crippen molar-refractivity contribution in [3.63, 3.8) is 0 Å². The summed E-state index contributed by atoms with van der Waals surface area (Å²) < 4.78 is 19.8. The number of aliphatic hydroxyl groups is 1. The number of nitrogens with zero attached hydrogens (tertiary/aromatic N) is 2. The number of benzene rings is 4. The fourth-order valence-electron chi connectivity index (χ4n) is 5.27. The molecule has 0 saturated heterocycles. The SMILES string of the molecule is C[C@H](CO)N1C[C@H](C)[C@@H](CN(C)C(=O)Nc2ccc(F)cc2)Oc2c(NC(=O)Nc3cccc4ccccc34)cccc2C1=O. The van der Waals surface area contributed by atoms with Crippen molar-refractivity contribution < 1.29 is 28.6 Å². The van der Waals surface area contributed by atoms with Gasteiger partial charge in [0.15, 0.2) is 5.75 Å². The molecule has 4 aromatic carbocycles. The van der Waals surface area contributed by atoms with E-state index in [1.807, 2.05) is 43.3 Å². The van der Waals surface area contributed by atoms with E-state index in [1.54, 1.807) is 43.1 Å². The molecular weight excluding hydrogens is 577 g/mol. The number of para-hydroxylation sites is 1. The highest BCUT2D eigenvalue weighted by Crippen LogP contribution is 2.35. The maximum absolute atomic E-state index is 13.8. The predicted molar refractivity (Wildman–Crippen MR) is 172 cm³/mol. The van der Waals surface area contributed by atoms with Gasteiger partial charge in [-0.25, -0.2) is 14.0 Å². The van der Waals surface area contributed by atoms with E-state index in [9.17, 15) is 23.9 Å². The van der Waals surface area contributed by atoms with Crippen LogP contribution in [0.4, 0.5) is 31.0 Å². The van der Waals surface area contributed by atoms with Gasteiger partial charge in [-0.15, -0.1) is 0 Å². The molecule has 0 radical (unpaired) electrons. The fourth-order valence-corrected chi connectivity index (χ4v) is 5.27. The van der Waals surface area contributed by atoms with Gasteiger partial charge in [-0.1, -0.05) is 49.4 Å². The molecule has 0 saturated carbocycles. The zero-order valence-electron chi connectivity index (χ0n) is 25.3. The normalized spacial score (nSPS) is 16.9. The van der Waals surface area contributed by atoms with Gasteiger partial charge in [0.2, 0.25) is 0 Å². The summed E-state index contributed by atoms with van der Waals surface area (Å²) in [6, 6.07) is 22.2. The van der Waals surface area contributed by atoms with Gasteiger partial charge in [0, 0.05) is 30.6 Å². The molecule has 0 bridgehead atoms. The van der Waals surface area contributed by atoms with E-state index in [0.717, 1.165) is 10.8 Å². The van der Waals surface area contributed by atoms with Crippen LogP contribution in [0.3, 0.4) is 0 Å². The standard InChI is InChI=1S/C34H36FN5O5/c1-21-18-40(22(2)20-41)32(42)27-11-7-13-29(38-33(43)37-28-12-6-9-23-8-4-5-10-26(23)28)31(27)45-30(21)19-39(3)34(44)36-25-16-14-24(35)15-17-25/h4-17,21-22,30,41H,18-20H2,1-3H3,(H,36,44)(H2,37,38,43)/t21-,22+,30+/m0/s1. The first-order valence-electron chi connectivity index (χ1n) is 14.7. The average molecular weight is 614 g/mol. The number of nitrogens with one attached hydrogen (secondary N) is 3. The third kappa shape index (κ3) is 7.15. The van der Waals surface area contributed by atoms with Crippen LogP contribution >= 0.6 is 0 Å². The second-order valence-electron chi connectivity index (χ2n) is 11.2. The zero-order chi connectivity index (χ0) is 32.1. The average Bonchev–Trinajstić information content (AvgIpc) is 3.03. The molecule has 0 fully saturated rings. The Hall–Kier alpha value is -5.16. The van der Waals surface area contributed by atoms with Crippen LogP contribution in [0.5, 0.6) is 5.75 Å². The van der Waals surface area contributed by atoms with Gasteiger partial charge in [-0.2, -0.15) is 0 Å². The number of anilines is 3. The number of amides is 5. The van der Waals surface area contributed by atoms with E-state index in [4.69, 9.17) is 4.74 Å². The van der Waals surface area contributed by atoms with Crippen molar-refractivity contribution in [2.45, 2.75) is 26.0 Å². The second-order valence-corrected chi connectivity index (χ2v) is 11.2. The maximum Gasteiger partial charge on any atom is 0.323 e. The fraction of sp³-hybridized carbons (Fsp3) is 0.265. The molecule has 4 N–H and O–H groups in total. The molecule has 5 amide bonds. The summed E-state index contributed by atoms with van der Waals surface area (Å²) in [7, 11) is 1.61. The first kappa shape index (κ1) is 31.3. The first-order chi connectivity index (χ1) is 21.6. The Labute approximate surface area is 260 Å². The topological polar surface area (TPSA) is 123 Å². The van der Waals surface area contributed by atoms with Crippen molar-refractivity contribution in [1.29, 1.82) is 0 Å². The lowest BCUT2D eigenvalue weighted by Gasteiger charge is -2.38. The summed E-state index contributed by atoms with van der Waals surface area (Å²) >= 11 is 0. The van der Waals surface area contributed by atoms with Crippen LogP contribution in [-0.4, -0.2) is 71.8 Å². The lowest BCUT2D eigenvalue weighted by molar-refractivity contribution is 0.0373. The van der Waals surface area contributed by atoms with E-state index >= 15 is 0 Å². The van der Waals surface area contributed by atoms with E-state index in [-0.39, 0.29) is 48.5 Å². The number of likely N-dealkylation sites (N-methyl/N-ethyl adjacent to an activating group) is 1. The molecular formula is C34H36FN5O5. The lowest BCUT2D eigenvalue weighted by Crippen LogP contribution is -2.50. The van der Waals surface area contributed by atoms with Crippen LogP contribution in [0.15, 0.2) is 84.9 Å². The maximum atomic E-state index is 13.8. The van der Waals surface area contributed by atoms with Crippen LogP contribution in [0.25, 0.3) is 10.8 Å². The molecule has 0 aliphatic carbocycles. The van der Waals surface area contributed by atoms with Crippen molar-refractivity contribution in [2.24, 2.45) is 5.92 Å². The van der Waals surface area contributed by atoms with Crippen molar-refractivity contribution in [3.8, 4) is 5.75 Å². The number of rotatable bonds is 7. The van der Waals surface area contributed by atoms with E-state index in [2.05, 4.69) is 16.0 Å². The number of hydrogen-bond acceptors (Lipinski definition) is 5. The highest BCUT2D eigenvalue weighted by molar-refractivity contribution is 6.08. The molecule has 3 atom stereocenters. The van der Waals surface area contributed by atoms with Gasteiger partial charge in [0.1, 0.15) is 11.9 Å². The van der Waals surface area contributed by atoms with Crippen LogP contribution < -0.4 is 20.7 Å². The highest BCUT2D eigenvalue weighted by Gasteiger charge is 2.35. The minimum Gasteiger partial charge on any atom is -0.485 e. The van der Waals surface area contributed by atoms with E-state index in [1.165, 1.54) is 29.2 Å². The lowest BCUT2D eigenvalue weighted by atomic mass is 9.99. The van der Waals surface area contributed by atoms with Crippen LogP contribution in [0.1, 0.15) is 24.2 Å². The number of halogens is 1. The van der Waals surface area contributed by atoms with Crippen LogP contribution in [-0.2, 0) is 0 Å². The van der Waals surface area contributed by atoms with E-state index in [0.29, 0.717) is 11.4 Å². The molecule has 234 valence electrons. The number of urea groups is 2. The molecule has 1 aliphatic rings. The van der Waals surface area contributed by atoms with Crippen molar-refractivity contribution in [3.05, 3.63) is 96.3 Å². The smallest absolute Gasteiger partial charge is 0.323 e. The third-order valence-electron chi connectivity index (χ3n) is 7.87. The quantitative estimate of drug-likeness (QED) is 0.203. The first-order valence-corrected chi connectivity index (χ1v) is 14.7. The molecule has 10 nitrogen and oxygen atoms in total. The van der Waals surface area contributed by atoms with Gasteiger partial charge < -0.3 is 35.6 Å². The van der Waals surface area contributed by atoms with Gasteiger partial charge in [-0.3, -0.25) is 4.79 Å². The number of carbonyl (C=O) groups excluding carboxylic acids is 3. The second kappa shape index (κ2) is 13.6. The molecule has 1 heterocycles. The Morgan fingerprint density at radius 1 is 0.978 bits per heavy atom. The molecule has 45 heavy (non-hydrogen) atoms. The Kier molecular flexibility index (Phi) is 9.48. The summed E-state index contributed by atoms with van der Waals surface area (Å²) in [5, 5.41) is 20.3. The van der Waals surface area contributed by atoms with E-state index < -0.39 is 30.0 Å². The highest BCUT2D eigenvalue weighted by atomic mass is 19.1. The minimum atomic E-state index is -0.613. The number of ether oxygens (including phenoxy) is 1. The summed E-state index contributed by atoms with van der Waals surface area (Å²) in [6.45, 7) is 3.79. The Morgan fingerprint density at radius 2 is 1.64 bits per heavy atom. The predicted octanol–water partition coefficient (Wildman–Crippen LogP) is 6.01. The van der Waals surface area contributed by atoms with Gasteiger partial charge >= 0.3 is 12.1 Å². The van der Waals surface area contributed by atoms with Crippen LogP contribution in [0, 0.1) is 11.7 Å². The Balaban J connectivity index is 1.42. The molecule has 4 aromatic rings. The minimum absolute atomic E-state index is 0.125. The monoisotopic (exact) mass is 613 g/mol. The number of carbonyl (C=O) groups is 3. The summed E-state index contributed by atoms with van der Waals surface area (Å²) in [5.74, 6) is -0.884. The summed E-state index contributed by atoms with van der Waals surface area (Å²) in [4.78, 5) is 43.1.